The molecule has 4 aromatic rings. The van der Waals surface area contributed by atoms with Crippen LogP contribution in [0.5, 0.6) is 5.75 Å². The molecular weight excluding hydrogens is 607 g/mol. The van der Waals surface area contributed by atoms with Crippen LogP contribution >= 0.6 is 0 Å². The molecule has 0 aliphatic carbocycles. The molecule has 0 aromatic heterocycles. The van der Waals surface area contributed by atoms with Crippen LogP contribution in [0.1, 0.15) is 50.3 Å². The molecule has 2 atom stereocenters. The third-order valence-corrected chi connectivity index (χ3v) is 8.36. The lowest BCUT2D eigenvalue weighted by Crippen LogP contribution is -2.26. The van der Waals surface area contributed by atoms with Gasteiger partial charge in [-0.2, -0.15) is 0 Å². The van der Waals surface area contributed by atoms with E-state index in [-0.39, 0.29) is 24.1 Å². The Hall–Kier alpha value is -5.08. The Labute approximate surface area is 281 Å². The molecule has 2 N–H and O–H groups in total. The van der Waals surface area contributed by atoms with Gasteiger partial charge >= 0.3 is 5.97 Å². The van der Waals surface area contributed by atoms with E-state index in [9.17, 15) is 19.1 Å². The first kappa shape index (κ1) is 34.3. The number of nitrogens with one attached hydrogen (secondary N) is 1. The molecular formula is C40H41FN2O5. The average molecular weight is 649 g/mol. The molecule has 1 aliphatic heterocycles. The number of carboxylic acid groups (broad SMARTS) is 1. The quantitative estimate of drug-likeness (QED) is 0.127. The molecule has 5 rings (SSSR count). The maximum absolute atomic E-state index is 14.3. The van der Waals surface area contributed by atoms with Crippen molar-refractivity contribution in [2.45, 2.75) is 51.7 Å². The summed E-state index contributed by atoms with van der Waals surface area (Å²) in [6.07, 6.45) is 0.421. The minimum atomic E-state index is -0.993. The Morgan fingerprint density at radius 2 is 1.54 bits per heavy atom. The predicted octanol–water partition coefficient (Wildman–Crippen LogP) is 8.12. The van der Waals surface area contributed by atoms with E-state index in [1.54, 1.807) is 19.1 Å². The number of rotatable bonds is 15. The Morgan fingerprint density at radius 3 is 2.15 bits per heavy atom. The second kappa shape index (κ2) is 15.7. The van der Waals surface area contributed by atoms with Gasteiger partial charge in [0.25, 0.3) is 5.91 Å². The number of aliphatic carboxylic acids is 1. The highest BCUT2D eigenvalue weighted by atomic mass is 19.1. The summed E-state index contributed by atoms with van der Waals surface area (Å²) in [6, 6.07) is 32.8. The number of benzene rings is 4. The summed E-state index contributed by atoms with van der Waals surface area (Å²) in [6.45, 7) is 6.50. The van der Waals surface area contributed by atoms with Gasteiger partial charge in [-0.05, 0) is 78.8 Å². The Bertz CT molecular complexity index is 1750. The molecule has 8 heteroatoms. The first-order valence-electron chi connectivity index (χ1n) is 16.3. The zero-order valence-electron chi connectivity index (χ0n) is 27.5. The first-order chi connectivity index (χ1) is 23.2. The summed E-state index contributed by atoms with van der Waals surface area (Å²) < 4.78 is 25.8. The van der Waals surface area contributed by atoms with E-state index in [2.05, 4.69) is 5.32 Å². The summed E-state index contributed by atoms with van der Waals surface area (Å²) in [5.74, 6) is -1.01. The molecule has 1 heterocycles. The Kier molecular flexibility index (Phi) is 11.2. The topological polar surface area (TPSA) is 97.2 Å². The normalized spacial score (nSPS) is 16.5. The molecule has 7 nitrogen and oxygen atoms in total. The minimum absolute atomic E-state index is 0.0687. The summed E-state index contributed by atoms with van der Waals surface area (Å²) in [5, 5.41) is 12.5. The van der Waals surface area contributed by atoms with Crippen molar-refractivity contribution in [1.29, 1.82) is 0 Å². The van der Waals surface area contributed by atoms with Crippen LogP contribution in [0.25, 0.3) is 5.57 Å². The van der Waals surface area contributed by atoms with Crippen molar-refractivity contribution in [3.63, 3.8) is 0 Å². The van der Waals surface area contributed by atoms with Crippen LogP contribution in [0, 0.1) is 11.7 Å². The van der Waals surface area contributed by atoms with Gasteiger partial charge in [-0.3, -0.25) is 9.79 Å². The number of amides is 1. The third kappa shape index (κ3) is 7.89. The lowest BCUT2D eigenvalue weighted by molar-refractivity contribution is -0.149. The minimum Gasteiger partial charge on any atom is -0.494 e. The molecule has 248 valence electrons. The fourth-order valence-electron chi connectivity index (χ4n) is 6.14. The average Bonchev–Trinajstić information content (AvgIpc) is 3.45. The first-order valence-corrected chi connectivity index (χ1v) is 16.3. The van der Waals surface area contributed by atoms with Crippen molar-refractivity contribution < 1.29 is 28.6 Å². The molecule has 4 aromatic carbocycles. The largest absolute Gasteiger partial charge is 0.494 e. The number of aliphatic imine (C=N–C) groups is 1. The lowest BCUT2D eigenvalue weighted by Gasteiger charge is -2.31. The van der Waals surface area contributed by atoms with Crippen LogP contribution in [0.4, 0.5) is 10.1 Å². The molecule has 1 amide bonds. The van der Waals surface area contributed by atoms with Crippen molar-refractivity contribution >= 4 is 28.8 Å². The van der Waals surface area contributed by atoms with Gasteiger partial charge in [0.15, 0.2) is 6.10 Å². The number of carbonyl (C=O) groups is 2. The molecule has 48 heavy (non-hydrogen) atoms. The number of anilines is 1. The van der Waals surface area contributed by atoms with Crippen LogP contribution < -0.4 is 10.1 Å². The number of para-hydroxylation sites is 1. The Morgan fingerprint density at radius 1 is 0.896 bits per heavy atom. The molecule has 0 radical (unpaired) electrons. The smallest absolute Gasteiger partial charge is 0.333 e. The van der Waals surface area contributed by atoms with Gasteiger partial charge in [0.05, 0.1) is 17.9 Å². The van der Waals surface area contributed by atoms with Gasteiger partial charge in [0, 0.05) is 24.3 Å². The van der Waals surface area contributed by atoms with Crippen molar-refractivity contribution in [3.05, 3.63) is 137 Å². The molecule has 0 saturated carbocycles. The molecule has 0 spiro atoms. The van der Waals surface area contributed by atoms with Crippen LogP contribution in [0.3, 0.4) is 0 Å². The maximum atomic E-state index is 14.3. The maximum Gasteiger partial charge on any atom is 0.333 e. The fraction of sp³-hybridized carbons (Fsp3) is 0.275. The van der Waals surface area contributed by atoms with E-state index in [1.807, 2.05) is 98.8 Å². The summed E-state index contributed by atoms with van der Waals surface area (Å²) in [4.78, 5) is 31.1. The van der Waals surface area contributed by atoms with Gasteiger partial charge < -0.3 is 19.9 Å². The number of hydrogen-bond acceptors (Lipinski definition) is 5. The summed E-state index contributed by atoms with van der Waals surface area (Å²) in [5.41, 5.74) is 4.18. The highest BCUT2D eigenvalue weighted by Crippen LogP contribution is 2.50. The van der Waals surface area contributed by atoms with Crippen molar-refractivity contribution in [2.24, 2.45) is 10.9 Å². The number of carboxylic acids is 1. The van der Waals surface area contributed by atoms with E-state index < -0.39 is 17.6 Å². The number of ether oxygens (including phenoxy) is 2. The second-order valence-corrected chi connectivity index (χ2v) is 12.0. The molecule has 0 fully saturated rings. The fourth-order valence-corrected chi connectivity index (χ4v) is 6.14. The third-order valence-electron chi connectivity index (χ3n) is 8.36. The van der Waals surface area contributed by atoms with Crippen molar-refractivity contribution in [3.8, 4) is 5.75 Å². The summed E-state index contributed by atoms with van der Waals surface area (Å²) >= 11 is 0. The highest BCUT2D eigenvalue weighted by molar-refractivity contribution is 6.32. The Balaban J connectivity index is 1.47. The molecule has 2 unspecified atom stereocenters. The van der Waals surface area contributed by atoms with Crippen LogP contribution in [0.15, 0.2) is 120 Å². The molecule has 0 saturated heterocycles. The van der Waals surface area contributed by atoms with Gasteiger partial charge in [-0.15, -0.1) is 0 Å². The zero-order valence-corrected chi connectivity index (χ0v) is 27.5. The van der Waals surface area contributed by atoms with Gasteiger partial charge in [0.2, 0.25) is 0 Å². The number of hydrogen-bond donors (Lipinski definition) is 2. The van der Waals surface area contributed by atoms with Gasteiger partial charge in [0.1, 0.15) is 17.1 Å². The van der Waals surface area contributed by atoms with Crippen molar-refractivity contribution in [1.82, 2.24) is 0 Å². The summed E-state index contributed by atoms with van der Waals surface area (Å²) in [7, 11) is 0. The number of halogens is 1. The van der Waals surface area contributed by atoms with E-state index in [1.165, 1.54) is 12.1 Å². The van der Waals surface area contributed by atoms with E-state index in [0.29, 0.717) is 48.8 Å². The van der Waals surface area contributed by atoms with Crippen LogP contribution in [-0.2, 0) is 26.3 Å². The highest BCUT2D eigenvalue weighted by Gasteiger charge is 2.46. The molecule has 0 bridgehead atoms. The van der Waals surface area contributed by atoms with Gasteiger partial charge in [-0.25, -0.2) is 9.18 Å². The number of nitrogens with zero attached hydrogens (tertiary/aromatic N) is 1. The predicted molar refractivity (Wildman–Crippen MR) is 187 cm³/mol. The number of carbonyl (C=O) groups excluding carboxylic acids is 1. The van der Waals surface area contributed by atoms with E-state index >= 15 is 0 Å². The second-order valence-electron chi connectivity index (χ2n) is 12.0. The SMILES string of the molecule is CCOC(Cc1ccc(OCCCC2(c3ccc(F)cc3)N=C(C(C)C)C(C(=O)Nc3ccccc3)=C2c2ccccc2)cc1)C(=O)O. The van der Waals surface area contributed by atoms with Gasteiger partial charge in [-0.1, -0.05) is 86.6 Å². The molecule has 1 aliphatic rings. The van der Waals surface area contributed by atoms with Crippen LogP contribution in [0.2, 0.25) is 0 Å². The zero-order chi connectivity index (χ0) is 34.1. The lowest BCUT2D eigenvalue weighted by atomic mass is 9.75. The monoisotopic (exact) mass is 648 g/mol. The standard InChI is InChI=1S/C40H41FN2O5/c1-4-47-34(39(45)46)26-28-16-22-33(23-17-28)48-25-11-24-40(30-18-20-31(41)21-19-30)36(29-12-7-5-8-13-29)35(37(43-40)27(2)3)38(44)42-32-14-9-6-10-15-32/h5-10,12-23,27,34H,4,11,24-26H2,1-3H3,(H,42,44)(H,45,46). The van der Waals surface area contributed by atoms with Crippen molar-refractivity contribution in [2.75, 3.05) is 18.5 Å². The van der Waals surface area contributed by atoms with Crippen LogP contribution in [-0.4, -0.2) is 42.0 Å². The van der Waals surface area contributed by atoms with E-state index in [4.69, 9.17) is 14.5 Å². The van der Waals surface area contributed by atoms with E-state index in [0.717, 1.165) is 22.3 Å².